The van der Waals surface area contributed by atoms with E-state index in [0.717, 1.165) is 6.39 Å². The summed E-state index contributed by atoms with van der Waals surface area (Å²) in [5.74, 6) is -2.11. The number of carbonyl (C=O) groups is 3. The summed E-state index contributed by atoms with van der Waals surface area (Å²) in [6.07, 6.45) is 2.85. The van der Waals surface area contributed by atoms with E-state index in [-0.39, 0.29) is 11.5 Å². The van der Waals surface area contributed by atoms with Gasteiger partial charge in [-0.3, -0.25) is 9.59 Å². The lowest BCUT2D eigenvalue weighted by Gasteiger charge is -2.27. The molecule has 120 valence electrons. The van der Waals surface area contributed by atoms with Crippen LogP contribution >= 0.6 is 0 Å². The Bertz CT molecular complexity index is 605. The Balaban J connectivity index is 2.28. The summed E-state index contributed by atoms with van der Waals surface area (Å²) in [5.41, 5.74) is -0.937. The lowest BCUT2D eigenvalue weighted by Crippen LogP contribution is -2.42. The monoisotopic (exact) mass is 308 g/mol. The molecule has 0 bridgehead atoms. The summed E-state index contributed by atoms with van der Waals surface area (Å²) in [5, 5.41) is 9.12. The Morgan fingerprint density at radius 3 is 2.73 bits per heavy atom. The minimum Gasteiger partial charge on any atom is -0.476 e. The molecule has 0 spiro atoms. The molecule has 1 aromatic heterocycles. The highest BCUT2D eigenvalue weighted by molar-refractivity contribution is 6.38. The molecule has 0 aliphatic carbocycles. The van der Waals surface area contributed by atoms with Crippen molar-refractivity contribution in [2.45, 2.75) is 46.1 Å². The maximum Gasteiger partial charge on any atom is 0.358 e. The van der Waals surface area contributed by atoms with Crippen LogP contribution in [0.15, 0.2) is 10.8 Å². The average molecular weight is 308 g/mol. The second-order valence-corrected chi connectivity index (χ2v) is 6.09. The van der Waals surface area contributed by atoms with Crippen molar-refractivity contribution in [1.82, 2.24) is 9.88 Å². The molecule has 1 N–H and O–H groups in total. The second kappa shape index (κ2) is 5.90. The van der Waals surface area contributed by atoms with Gasteiger partial charge in [-0.05, 0) is 19.3 Å². The second-order valence-electron chi connectivity index (χ2n) is 6.09. The molecule has 1 aliphatic heterocycles. The molecule has 1 saturated heterocycles. The van der Waals surface area contributed by atoms with Gasteiger partial charge in [0, 0.05) is 12.0 Å². The van der Waals surface area contributed by atoms with Crippen LogP contribution in [0.25, 0.3) is 0 Å². The Morgan fingerprint density at radius 2 is 2.14 bits per heavy atom. The van der Waals surface area contributed by atoms with Crippen molar-refractivity contribution in [3.63, 3.8) is 0 Å². The van der Waals surface area contributed by atoms with Gasteiger partial charge in [0.05, 0.1) is 6.04 Å². The van der Waals surface area contributed by atoms with Crippen molar-refractivity contribution in [2.24, 2.45) is 5.41 Å². The highest BCUT2D eigenvalue weighted by Crippen LogP contribution is 2.35. The van der Waals surface area contributed by atoms with E-state index in [9.17, 15) is 14.4 Å². The van der Waals surface area contributed by atoms with E-state index in [1.165, 1.54) is 4.90 Å². The lowest BCUT2D eigenvalue weighted by molar-refractivity contribution is -0.150. The number of likely N-dealkylation sites (tertiary alicyclic amines) is 1. The van der Waals surface area contributed by atoms with Crippen molar-refractivity contribution < 1.29 is 23.9 Å². The number of rotatable bonds is 5. The van der Waals surface area contributed by atoms with E-state index in [1.54, 1.807) is 13.8 Å². The molecular formula is C15H20N2O5. The van der Waals surface area contributed by atoms with E-state index in [0.29, 0.717) is 25.8 Å². The van der Waals surface area contributed by atoms with Gasteiger partial charge in [0.2, 0.25) is 5.78 Å². The summed E-state index contributed by atoms with van der Waals surface area (Å²) < 4.78 is 5.18. The highest BCUT2D eigenvalue weighted by atomic mass is 16.4. The Labute approximate surface area is 128 Å². The number of nitrogens with zero attached hydrogens (tertiary/aromatic N) is 2. The molecule has 1 amide bonds. The molecule has 1 unspecified atom stereocenters. The van der Waals surface area contributed by atoms with Gasteiger partial charge < -0.3 is 14.4 Å². The predicted molar refractivity (Wildman–Crippen MR) is 76.2 cm³/mol. The number of aromatic carboxylic acids is 1. The van der Waals surface area contributed by atoms with E-state index in [2.05, 4.69) is 4.98 Å². The number of hydrogen-bond donors (Lipinski definition) is 1. The van der Waals surface area contributed by atoms with Gasteiger partial charge in [0.25, 0.3) is 5.91 Å². The summed E-state index contributed by atoms with van der Waals surface area (Å²) in [6.45, 7) is 5.73. The third-order valence-corrected chi connectivity index (χ3v) is 4.31. The zero-order valence-electron chi connectivity index (χ0n) is 13.0. The smallest absolute Gasteiger partial charge is 0.358 e. The Hall–Kier alpha value is -2.18. The van der Waals surface area contributed by atoms with Crippen molar-refractivity contribution in [3.05, 3.63) is 17.8 Å². The van der Waals surface area contributed by atoms with E-state index >= 15 is 0 Å². The zero-order valence-corrected chi connectivity index (χ0v) is 13.0. The molecule has 0 saturated carbocycles. The number of carboxylic acids is 1. The molecule has 1 fully saturated rings. The first-order valence-electron chi connectivity index (χ1n) is 7.31. The SMILES string of the molecule is CCC(C)(C)C(=O)C(=O)N1CCCC1c1ocnc1C(=O)O. The number of carbonyl (C=O) groups excluding carboxylic acids is 2. The first-order valence-corrected chi connectivity index (χ1v) is 7.31. The fourth-order valence-corrected chi connectivity index (χ4v) is 2.52. The molecule has 0 radical (unpaired) electrons. The molecule has 22 heavy (non-hydrogen) atoms. The van der Waals surface area contributed by atoms with Gasteiger partial charge >= 0.3 is 5.97 Å². The fourth-order valence-electron chi connectivity index (χ4n) is 2.52. The van der Waals surface area contributed by atoms with Crippen molar-refractivity contribution >= 4 is 17.7 Å². The van der Waals surface area contributed by atoms with Crippen LogP contribution in [0, 0.1) is 5.41 Å². The van der Waals surface area contributed by atoms with Crippen LogP contribution in [-0.2, 0) is 9.59 Å². The fraction of sp³-hybridized carbons (Fsp3) is 0.600. The average Bonchev–Trinajstić information content (AvgIpc) is 3.13. The number of aromatic nitrogens is 1. The van der Waals surface area contributed by atoms with Gasteiger partial charge in [0.1, 0.15) is 0 Å². The maximum atomic E-state index is 12.5. The number of oxazole rings is 1. The molecule has 2 heterocycles. The quantitative estimate of drug-likeness (QED) is 0.835. The van der Waals surface area contributed by atoms with Crippen LogP contribution in [0.2, 0.25) is 0 Å². The minimum absolute atomic E-state index is 0.139. The summed E-state index contributed by atoms with van der Waals surface area (Å²) in [4.78, 5) is 41.1. The van der Waals surface area contributed by atoms with Gasteiger partial charge in [-0.2, -0.15) is 0 Å². The molecule has 1 aromatic rings. The lowest BCUT2D eigenvalue weighted by atomic mass is 9.84. The van der Waals surface area contributed by atoms with Crippen LogP contribution in [-0.4, -0.2) is 39.2 Å². The molecule has 0 aromatic carbocycles. The number of ketones is 1. The molecule has 1 aliphatic rings. The molecule has 7 nitrogen and oxygen atoms in total. The van der Waals surface area contributed by atoms with Gasteiger partial charge in [0.15, 0.2) is 17.8 Å². The topological polar surface area (TPSA) is 101 Å². The first-order chi connectivity index (χ1) is 10.3. The molecule has 1 atom stereocenters. The van der Waals surface area contributed by atoms with Crippen LogP contribution in [0.5, 0.6) is 0 Å². The van der Waals surface area contributed by atoms with E-state index in [4.69, 9.17) is 9.52 Å². The normalized spacial score (nSPS) is 18.5. The third kappa shape index (κ3) is 2.75. The van der Waals surface area contributed by atoms with Crippen molar-refractivity contribution in [3.8, 4) is 0 Å². The van der Waals surface area contributed by atoms with Crippen molar-refractivity contribution in [1.29, 1.82) is 0 Å². The Morgan fingerprint density at radius 1 is 1.45 bits per heavy atom. The van der Waals surface area contributed by atoms with Gasteiger partial charge in [-0.1, -0.05) is 20.8 Å². The van der Waals surface area contributed by atoms with Crippen LogP contribution in [0.4, 0.5) is 0 Å². The van der Waals surface area contributed by atoms with Gasteiger partial charge in [-0.25, -0.2) is 9.78 Å². The summed E-state index contributed by atoms with van der Waals surface area (Å²) in [7, 11) is 0. The summed E-state index contributed by atoms with van der Waals surface area (Å²) >= 11 is 0. The minimum atomic E-state index is -1.21. The number of amides is 1. The van der Waals surface area contributed by atoms with E-state index < -0.39 is 29.1 Å². The molecular weight excluding hydrogens is 288 g/mol. The number of hydrogen-bond acceptors (Lipinski definition) is 5. The van der Waals surface area contributed by atoms with Crippen LogP contribution in [0.3, 0.4) is 0 Å². The largest absolute Gasteiger partial charge is 0.476 e. The van der Waals surface area contributed by atoms with Gasteiger partial charge in [-0.15, -0.1) is 0 Å². The standard InChI is InChI=1S/C15H20N2O5/c1-4-15(2,3)12(18)13(19)17-7-5-6-9(17)11-10(14(20)21)16-8-22-11/h8-9H,4-7H2,1-3H3,(H,20,21). The summed E-state index contributed by atoms with van der Waals surface area (Å²) in [6, 6.07) is -0.544. The number of Topliss-reactive ketones (excluding diaryl/α,β-unsaturated/α-hetero) is 1. The van der Waals surface area contributed by atoms with E-state index in [1.807, 2.05) is 6.92 Å². The third-order valence-electron chi connectivity index (χ3n) is 4.31. The molecule has 2 rings (SSSR count). The highest BCUT2D eigenvalue weighted by Gasteiger charge is 2.41. The predicted octanol–water partition coefficient (Wildman–Crippen LogP) is 2.04. The Kier molecular flexibility index (Phi) is 4.35. The maximum absolute atomic E-state index is 12.5. The first kappa shape index (κ1) is 16.2. The molecule has 7 heteroatoms. The van der Waals surface area contributed by atoms with Crippen molar-refractivity contribution in [2.75, 3.05) is 6.54 Å². The van der Waals surface area contributed by atoms with Crippen LogP contribution in [0.1, 0.15) is 62.3 Å². The number of carboxylic acid groups (broad SMARTS) is 1. The zero-order chi connectivity index (χ0) is 16.5. The van der Waals surface area contributed by atoms with Crippen LogP contribution < -0.4 is 0 Å².